The number of rotatable bonds is 5. The average Bonchev–Trinajstić information content (AvgIpc) is 2.03. The molecule has 0 bridgehead atoms. The van der Waals surface area contributed by atoms with Gasteiger partial charge in [-0.3, -0.25) is 4.79 Å². The summed E-state index contributed by atoms with van der Waals surface area (Å²) in [7, 11) is 0. The summed E-state index contributed by atoms with van der Waals surface area (Å²) in [6, 6.07) is 0. The van der Waals surface area contributed by atoms with E-state index in [9.17, 15) is 9.59 Å². The van der Waals surface area contributed by atoms with Gasteiger partial charge in [0.2, 0.25) is 5.91 Å². The maximum absolute atomic E-state index is 11.1. The van der Waals surface area contributed by atoms with Gasteiger partial charge in [-0.2, -0.15) is 0 Å². The van der Waals surface area contributed by atoms with E-state index in [0.717, 1.165) is 0 Å². The van der Waals surface area contributed by atoms with Gasteiger partial charge in [0.15, 0.2) is 0 Å². The molecule has 4 nitrogen and oxygen atoms in total. The fourth-order valence-electron chi connectivity index (χ4n) is 0.765. The summed E-state index contributed by atoms with van der Waals surface area (Å²) in [6.07, 6.45) is 1.64. The Hall–Kier alpha value is -0.840. The number of alkyl halides is 1. The number of carbonyl (C=O) groups excluding carboxylic acids is 2. The molecule has 0 spiro atoms. The van der Waals surface area contributed by atoms with Crippen LogP contribution in [0.1, 0.15) is 20.3 Å². The van der Waals surface area contributed by atoms with Gasteiger partial charge >= 0.3 is 5.97 Å². The van der Waals surface area contributed by atoms with Crippen LogP contribution in [0.2, 0.25) is 0 Å². The first-order chi connectivity index (χ1) is 6.60. The molecule has 0 aliphatic heterocycles. The maximum atomic E-state index is 11.1. The number of carbonyl (C=O) groups is 2. The van der Waals surface area contributed by atoms with Gasteiger partial charge in [0.1, 0.15) is 0 Å². The van der Waals surface area contributed by atoms with Crippen LogP contribution in [-0.4, -0.2) is 23.8 Å². The lowest BCUT2D eigenvalue weighted by atomic mass is 10.4. The number of hydrogen-bond donors (Lipinski definition) is 1. The zero-order valence-corrected chi connectivity index (χ0v) is 9.89. The second kappa shape index (κ2) is 7.55. The fraction of sp³-hybridized carbons (Fsp3) is 0.556. The Bertz CT molecular complexity index is 238. The molecule has 0 rings (SSSR count). The summed E-state index contributed by atoms with van der Waals surface area (Å²) < 4.78 is 4.68. The molecule has 1 amide bonds. The Morgan fingerprint density at radius 2 is 2.14 bits per heavy atom. The van der Waals surface area contributed by atoms with Crippen molar-refractivity contribution in [3.8, 4) is 0 Å². The van der Waals surface area contributed by atoms with Crippen LogP contribution in [0.4, 0.5) is 0 Å². The lowest BCUT2D eigenvalue weighted by molar-refractivity contribution is -0.137. The topological polar surface area (TPSA) is 55.4 Å². The second-order valence-corrected chi connectivity index (χ2v) is 3.36. The van der Waals surface area contributed by atoms with Crippen LogP contribution in [0, 0.1) is 0 Å². The molecule has 0 aromatic rings. The molecule has 0 atom stereocenters. The Morgan fingerprint density at radius 1 is 1.50 bits per heavy atom. The molecule has 14 heavy (non-hydrogen) atoms. The van der Waals surface area contributed by atoms with E-state index in [1.54, 1.807) is 13.8 Å². The number of allylic oxidation sites excluding steroid dienone is 1. The van der Waals surface area contributed by atoms with E-state index < -0.39 is 5.97 Å². The van der Waals surface area contributed by atoms with E-state index in [1.165, 1.54) is 6.08 Å². The normalized spacial score (nSPS) is 10.9. The Kier molecular flexibility index (Phi) is 7.10. The lowest BCUT2D eigenvalue weighted by Gasteiger charge is -2.03. The van der Waals surface area contributed by atoms with Crippen LogP contribution in [0.3, 0.4) is 0 Å². The van der Waals surface area contributed by atoms with Crippen LogP contribution < -0.4 is 5.32 Å². The highest BCUT2D eigenvalue weighted by molar-refractivity contribution is 9.09. The Balaban J connectivity index is 3.99. The van der Waals surface area contributed by atoms with Crippen molar-refractivity contribution >= 4 is 27.8 Å². The SMILES string of the molecule is CCOC(=O)C=C(C)NC(=O)CCBr. The smallest absolute Gasteiger partial charge is 0.332 e. The molecular weight excluding hydrogens is 250 g/mol. The van der Waals surface area contributed by atoms with Crippen molar-refractivity contribution in [3.05, 3.63) is 11.8 Å². The minimum Gasteiger partial charge on any atom is -0.463 e. The molecule has 0 saturated heterocycles. The zero-order valence-electron chi connectivity index (χ0n) is 8.30. The molecule has 80 valence electrons. The molecule has 5 heteroatoms. The van der Waals surface area contributed by atoms with E-state index >= 15 is 0 Å². The van der Waals surface area contributed by atoms with Gasteiger partial charge in [0, 0.05) is 23.5 Å². The Labute approximate surface area is 91.8 Å². The monoisotopic (exact) mass is 263 g/mol. The zero-order chi connectivity index (χ0) is 11.0. The summed E-state index contributed by atoms with van der Waals surface area (Å²) in [5, 5.41) is 3.16. The predicted molar refractivity (Wildman–Crippen MR) is 56.9 cm³/mol. The van der Waals surface area contributed by atoms with Crippen molar-refractivity contribution in [1.82, 2.24) is 5.32 Å². The van der Waals surface area contributed by atoms with Gasteiger partial charge in [-0.1, -0.05) is 15.9 Å². The van der Waals surface area contributed by atoms with Gasteiger partial charge < -0.3 is 10.1 Å². The van der Waals surface area contributed by atoms with E-state index in [0.29, 0.717) is 24.1 Å². The maximum Gasteiger partial charge on any atom is 0.332 e. The summed E-state index contributed by atoms with van der Waals surface area (Å²) in [6.45, 7) is 3.70. The minimum atomic E-state index is -0.441. The third-order valence-corrected chi connectivity index (χ3v) is 1.68. The quantitative estimate of drug-likeness (QED) is 0.463. The molecular formula is C9H14BrNO3. The standard InChI is InChI=1S/C9H14BrNO3/c1-3-14-9(13)6-7(2)11-8(12)4-5-10/h6H,3-5H2,1-2H3,(H,11,12). The number of ether oxygens (including phenoxy) is 1. The highest BCUT2D eigenvalue weighted by Gasteiger charge is 2.02. The largest absolute Gasteiger partial charge is 0.463 e. The summed E-state index contributed by atoms with van der Waals surface area (Å²) in [5.41, 5.74) is 0.495. The van der Waals surface area contributed by atoms with Gasteiger partial charge in [-0.05, 0) is 13.8 Å². The number of hydrogen-bond acceptors (Lipinski definition) is 3. The van der Waals surface area contributed by atoms with E-state index in [1.807, 2.05) is 0 Å². The number of amides is 1. The van der Waals surface area contributed by atoms with E-state index in [4.69, 9.17) is 0 Å². The van der Waals surface area contributed by atoms with Crippen molar-refractivity contribution in [3.63, 3.8) is 0 Å². The molecule has 0 aromatic carbocycles. The van der Waals surface area contributed by atoms with Crippen molar-refractivity contribution < 1.29 is 14.3 Å². The molecule has 0 radical (unpaired) electrons. The third kappa shape index (κ3) is 6.65. The molecule has 0 aromatic heterocycles. The lowest BCUT2D eigenvalue weighted by Crippen LogP contribution is -2.22. The van der Waals surface area contributed by atoms with Gasteiger partial charge in [0.25, 0.3) is 0 Å². The first-order valence-electron chi connectivity index (χ1n) is 4.31. The highest BCUT2D eigenvalue weighted by atomic mass is 79.9. The van der Waals surface area contributed by atoms with Crippen LogP contribution in [0.5, 0.6) is 0 Å². The number of nitrogens with one attached hydrogen (secondary N) is 1. The summed E-state index contributed by atoms with van der Waals surface area (Å²) in [4.78, 5) is 22.0. The molecule has 0 saturated carbocycles. The van der Waals surface area contributed by atoms with Crippen LogP contribution in [0.15, 0.2) is 11.8 Å². The van der Waals surface area contributed by atoms with Crippen molar-refractivity contribution in [1.29, 1.82) is 0 Å². The fourth-order valence-corrected chi connectivity index (χ4v) is 1.13. The molecule has 0 aliphatic carbocycles. The van der Waals surface area contributed by atoms with E-state index in [2.05, 4.69) is 26.0 Å². The highest BCUT2D eigenvalue weighted by Crippen LogP contribution is 1.93. The molecule has 0 unspecified atom stereocenters. The molecule has 0 heterocycles. The van der Waals surface area contributed by atoms with Gasteiger partial charge in [-0.25, -0.2) is 4.79 Å². The van der Waals surface area contributed by atoms with Crippen LogP contribution in [-0.2, 0) is 14.3 Å². The predicted octanol–water partition coefficient (Wildman–Crippen LogP) is 1.35. The minimum absolute atomic E-state index is 0.125. The van der Waals surface area contributed by atoms with Crippen LogP contribution in [0.25, 0.3) is 0 Å². The second-order valence-electron chi connectivity index (χ2n) is 2.57. The van der Waals surface area contributed by atoms with E-state index in [-0.39, 0.29) is 5.91 Å². The first kappa shape index (κ1) is 13.2. The molecule has 0 aliphatic rings. The number of esters is 1. The van der Waals surface area contributed by atoms with Crippen LogP contribution >= 0.6 is 15.9 Å². The average molecular weight is 264 g/mol. The van der Waals surface area contributed by atoms with Crippen molar-refractivity contribution in [2.45, 2.75) is 20.3 Å². The molecule has 0 fully saturated rings. The van der Waals surface area contributed by atoms with Gasteiger partial charge in [-0.15, -0.1) is 0 Å². The first-order valence-corrected chi connectivity index (χ1v) is 5.43. The summed E-state index contributed by atoms with van der Waals surface area (Å²) >= 11 is 3.14. The Morgan fingerprint density at radius 3 is 2.64 bits per heavy atom. The summed E-state index contributed by atoms with van der Waals surface area (Å²) in [5.74, 6) is -0.566. The van der Waals surface area contributed by atoms with Crippen molar-refractivity contribution in [2.24, 2.45) is 0 Å². The van der Waals surface area contributed by atoms with Gasteiger partial charge in [0.05, 0.1) is 6.61 Å². The molecule has 1 N–H and O–H groups in total. The number of halogens is 1. The third-order valence-electron chi connectivity index (χ3n) is 1.28. The van der Waals surface area contributed by atoms with Crippen molar-refractivity contribution in [2.75, 3.05) is 11.9 Å².